The first-order chi connectivity index (χ1) is 8.59. The van der Waals surface area contributed by atoms with Crippen molar-refractivity contribution in [2.75, 3.05) is 7.05 Å². The van der Waals surface area contributed by atoms with Crippen LogP contribution in [0.15, 0.2) is 24.3 Å². The number of carbonyl (C=O) groups excluding carboxylic acids is 1. The van der Waals surface area contributed by atoms with E-state index in [-0.39, 0.29) is 18.1 Å². The van der Waals surface area contributed by atoms with Crippen LogP contribution in [-0.4, -0.2) is 35.1 Å². The van der Waals surface area contributed by atoms with Crippen molar-refractivity contribution in [2.45, 2.75) is 44.8 Å². The summed E-state index contributed by atoms with van der Waals surface area (Å²) in [5.41, 5.74) is 1.84. The molecule has 0 saturated heterocycles. The molecule has 1 aromatic rings. The molecule has 0 spiro atoms. The molecule has 1 fully saturated rings. The van der Waals surface area contributed by atoms with E-state index in [4.69, 9.17) is 0 Å². The second-order valence-corrected chi connectivity index (χ2v) is 5.20. The molecule has 0 heterocycles. The minimum Gasteiger partial charge on any atom is -0.391 e. The maximum absolute atomic E-state index is 12.3. The molecule has 3 nitrogen and oxygen atoms in total. The summed E-state index contributed by atoms with van der Waals surface area (Å²) in [7, 11) is 1.79. The number of hydrogen-bond acceptors (Lipinski definition) is 2. The zero-order chi connectivity index (χ0) is 13.1. The van der Waals surface area contributed by atoms with Gasteiger partial charge in [-0.05, 0) is 31.9 Å². The van der Waals surface area contributed by atoms with Crippen LogP contribution in [0.25, 0.3) is 0 Å². The molecule has 18 heavy (non-hydrogen) atoms. The van der Waals surface area contributed by atoms with Gasteiger partial charge < -0.3 is 10.0 Å². The van der Waals surface area contributed by atoms with Gasteiger partial charge in [0, 0.05) is 12.6 Å². The SMILES string of the molecule is Cc1ccc(C(=O)N(C)[C@@H]2CCCC[C@H]2O)cc1. The van der Waals surface area contributed by atoms with E-state index in [1.165, 1.54) is 0 Å². The second kappa shape index (κ2) is 5.53. The molecule has 1 aromatic carbocycles. The first-order valence-electron chi connectivity index (χ1n) is 6.61. The van der Waals surface area contributed by atoms with Gasteiger partial charge in [0.1, 0.15) is 0 Å². The molecule has 0 bridgehead atoms. The van der Waals surface area contributed by atoms with Crippen LogP contribution in [0.1, 0.15) is 41.6 Å². The lowest BCUT2D eigenvalue weighted by molar-refractivity contribution is 0.0268. The van der Waals surface area contributed by atoms with Gasteiger partial charge >= 0.3 is 0 Å². The quantitative estimate of drug-likeness (QED) is 0.871. The monoisotopic (exact) mass is 247 g/mol. The Labute approximate surface area is 108 Å². The second-order valence-electron chi connectivity index (χ2n) is 5.20. The Morgan fingerprint density at radius 2 is 1.83 bits per heavy atom. The lowest BCUT2D eigenvalue weighted by Crippen LogP contribution is -2.46. The molecule has 0 radical (unpaired) electrons. The van der Waals surface area contributed by atoms with Crippen LogP contribution < -0.4 is 0 Å². The number of nitrogens with zero attached hydrogens (tertiary/aromatic N) is 1. The average Bonchev–Trinajstić information content (AvgIpc) is 2.38. The standard InChI is InChI=1S/C15H21NO2/c1-11-7-9-12(10-8-11)15(18)16(2)13-5-3-4-6-14(13)17/h7-10,13-14,17H,3-6H2,1-2H3/t13-,14-/m1/s1. The third-order valence-electron chi connectivity index (χ3n) is 3.81. The number of carbonyl (C=O) groups is 1. The molecule has 1 N–H and O–H groups in total. The molecule has 0 unspecified atom stereocenters. The van der Waals surface area contributed by atoms with E-state index in [1.54, 1.807) is 11.9 Å². The van der Waals surface area contributed by atoms with Gasteiger partial charge in [0.15, 0.2) is 0 Å². The Balaban J connectivity index is 2.10. The van der Waals surface area contributed by atoms with E-state index < -0.39 is 0 Å². The van der Waals surface area contributed by atoms with Crippen LogP contribution >= 0.6 is 0 Å². The largest absolute Gasteiger partial charge is 0.391 e. The summed E-state index contributed by atoms with van der Waals surface area (Å²) in [5.74, 6) is 0.000880. The molecule has 1 saturated carbocycles. The Bertz CT molecular complexity index is 413. The summed E-state index contributed by atoms with van der Waals surface area (Å²) in [6.45, 7) is 2.00. The Morgan fingerprint density at radius 1 is 1.22 bits per heavy atom. The van der Waals surface area contributed by atoms with Crippen molar-refractivity contribution in [3.05, 3.63) is 35.4 Å². The first kappa shape index (κ1) is 13.1. The zero-order valence-electron chi connectivity index (χ0n) is 11.1. The first-order valence-corrected chi connectivity index (χ1v) is 6.61. The van der Waals surface area contributed by atoms with Crippen LogP contribution in [0.3, 0.4) is 0 Å². The van der Waals surface area contributed by atoms with Gasteiger partial charge in [0.25, 0.3) is 5.91 Å². The summed E-state index contributed by atoms with van der Waals surface area (Å²) in [5, 5.41) is 9.99. The average molecular weight is 247 g/mol. The molecule has 98 valence electrons. The minimum atomic E-state index is -0.377. The van der Waals surface area contributed by atoms with E-state index in [0.717, 1.165) is 31.2 Å². The van der Waals surface area contributed by atoms with Crippen LogP contribution in [0, 0.1) is 6.92 Å². The molecule has 1 aliphatic rings. The van der Waals surface area contributed by atoms with E-state index >= 15 is 0 Å². The Kier molecular flexibility index (Phi) is 4.02. The van der Waals surface area contributed by atoms with Crippen molar-refractivity contribution in [1.29, 1.82) is 0 Å². The number of aryl methyl sites for hydroxylation is 1. The van der Waals surface area contributed by atoms with Gasteiger partial charge in [-0.1, -0.05) is 30.5 Å². The van der Waals surface area contributed by atoms with Crippen molar-refractivity contribution in [3.8, 4) is 0 Å². The summed E-state index contributed by atoms with van der Waals surface area (Å²) in [6.07, 6.45) is 3.47. The predicted octanol–water partition coefficient (Wildman–Crippen LogP) is 2.37. The molecule has 1 aliphatic carbocycles. The molecule has 0 aromatic heterocycles. The molecule has 3 heteroatoms. The maximum atomic E-state index is 12.3. The third-order valence-corrected chi connectivity index (χ3v) is 3.81. The molecule has 2 atom stereocenters. The molecule has 0 aliphatic heterocycles. The fraction of sp³-hybridized carbons (Fsp3) is 0.533. The van der Waals surface area contributed by atoms with Gasteiger partial charge in [-0.2, -0.15) is 0 Å². The van der Waals surface area contributed by atoms with Gasteiger partial charge in [0.2, 0.25) is 0 Å². The highest BCUT2D eigenvalue weighted by atomic mass is 16.3. The van der Waals surface area contributed by atoms with Crippen molar-refractivity contribution in [2.24, 2.45) is 0 Å². The number of aliphatic hydroxyl groups excluding tert-OH is 1. The normalized spacial score (nSPS) is 23.7. The predicted molar refractivity (Wildman–Crippen MR) is 71.5 cm³/mol. The lowest BCUT2D eigenvalue weighted by atomic mass is 9.91. The van der Waals surface area contributed by atoms with Gasteiger partial charge in [-0.25, -0.2) is 0 Å². The number of benzene rings is 1. The number of rotatable bonds is 2. The van der Waals surface area contributed by atoms with Crippen LogP contribution in [0.4, 0.5) is 0 Å². The van der Waals surface area contributed by atoms with E-state index in [0.29, 0.717) is 5.56 Å². The third kappa shape index (κ3) is 2.72. The number of amides is 1. The molecular weight excluding hydrogens is 226 g/mol. The Hall–Kier alpha value is -1.35. The van der Waals surface area contributed by atoms with Crippen LogP contribution in [-0.2, 0) is 0 Å². The van der Waals surface area contributed by atoms with Gasteiger partial charge in [0.05, 0.1) is 12.1 Å². The Morgan fingerprint density at radius 3 is 2.44 bits per heavy atom. The topological polar surface area (TPSA) is 40.5 Å². The highest BCUT2D eigenvalue weighted by molar-refractivity contribution is 5.94. The minimum absolute atomic E-state index is 0.000880. The summed E-state index contributed by atoms with van der Waals surface area (Å²) in [4.78, 5) is 14.0. The van der Waals surface area contributed by atoms with E-state index in [2.05, 4.69) is 0 Å². The molecule has 1 amide bonds. The summed E-state index contributed by atoms with van der Waals surface area (Å²) in [6, 6.07) is 7.55. The highest BCUT2D eigenvalue weighted by Crippen LogP contribution is 2.23. The van der Waals surface area contributed by atoms with Crippen molar-refractivity contribution >= 4 is 5.91 Å². The van der Waals surface area contributed by atoms with Crippen LogP contribution in [0.5, 0.6) is 0 Å². The van der Waals surface area contributed by atoms with Crippen molar-refractivity contribution < 1.29 is 9.90 Å². The highest BCUT2D eigenvalue weighted by Gasteiger charge is 2.29. The van der Waals surface area contributed by atoms with Crippen LogP contribution in [0.2, 0.25) is 0 Å². The smallest absolute Gasteiger partial charge is 0.253 e. The zero-order valence-corrected chi connectivity index (χ0v) is 11.1. The van der Waals surface area contributed by atoms with Crippen molar-refractivity contribution in [1.82, 2.24) is 4.90 Å². The van der Waals surface area contributed by atoms with Crippen molar-refractivity contribution in [3.63, 3.8) is 0 Å². The fourth-order valence-corrected chi connectivity index (χ4v) is 2.59. The maximum Gasteiger partial charge on any atom is 0.253 e. The molecular formula is C15H21NO2. The number of hydrogen-bond donors (Lipinski definition) is 1. The molecule has 2 rings (SSSR count). The lowest BCUT2D eigenvalue weighted by Gasteiger charge is -2.35. The number of aliphatic hydroxyl groups is 1. The fourth-order valence-electron chi connectivity index (χ4n) is 2.59. The summed E-state index contributed by atoms with van der Waals surface area (Å²) >= 11 is 0. The number of likely N-dealkylation sites (N-methyl/N-ethyl adjacent to an activating group) is 1. The van der Waals surface area contributed by atoms with E-state index in [9.17, 15) is 9.90 Å². The van der Waals surface area contributed by atoms with Gasteiger partial charge in [-0.3, -0.25) is 4.79 Å². The van der Waals surface area contributed by atoms with E-state index in [1.807, 2.05) is 31.2 Å². The summed E-state index contributed by atoms with van der Waals surface area (Å²) < 4.78 is 0. The van der Waals surface area contributed by atoms with Gasteiger partial charge in [-0.15, -0.1) is 0 Å².